The highest BCUT2D eigenvalue weighted by Gasteiger charge is 2.25. The third kappa shape index (κ3) is 4.91. The fraction of sp³-hybridized carbons (Fsp3) is 0. The van der Waals surface area contributed by atoms with E-state index in [9.17, 15) is 0 Å². The summed E-state index contributed by atoms with van der Waals surface area (Å²) in [7, 11) is 0. The molecular formula is C57H33N5O. The summed E-state index contributed by atoms with van der Waals surface area (Å²) in [6.45, 7) is 0. The Balaban J connectivity index is 1.03. The molecule has 6 nitrogen and oxygen atoms in total. The van der Waals surface area contributed by atoms with Crippen LogP contribution in [0.5, 0.6) is 0 Å². The maximum atomic E-state index is 6.92. The predicted octanol–water partition coefficient (Wildman–Crippen LogP) is 14.7. The maximum Gasteiger partial charge on any atom is 0.167 e. The Kier molecular flexibility index (Phi) is 7.02. The maximum absolute atomic E-state index is 6.92. The van der Waals surface area contributed by atoms with Crippen molar-refractivity contribution in [2.45, 2.75) is 0 Å². The number of aromatic nitrogens is 5. The number of para-hydroxylation sites is 4. The summed E-state index contributed by atoms with van der Waals surface area (Å²) in [4.78, 5) is 15.5. The summed E-state index contributed by atoms with van der Waals surface area (Å²) in [6, 6.07) is 70.6. The molecule has 0 aliphatic rings. The van der Waals surface area contributed by atoms with Crippen molar-refractivity contribution in [2.75, 3.05) is 0 Å². The van der Waals surface area contributed by atoms with Gasteiger partial charge < -0.3 is 13.4 Å². The zero-order valence-electron chi connectivity index (χ0n) is 33.7. The lowest BCUT2D eigenvalue weighted by molar-refractivity contribution is 0.669. The van der Waals surface area contributed by atoms with Crippen LogP contribution in [0.1, 0.15) is 0 Å². The topological polar surface area (TPSA) is 61.2 Å². The van der Waals surface area contributed by atoms with Crippen molar-refractivity contribution in [3.05, 3.63) is 200 Å². The normalized spacial score (nSPS) is 12.1. The fourth-order valence-corrected chi connectivity index (χ4v) is 10.1. The Hall–Kier alpha value is -8.61. The third-order valence-electron chi connectivity index (χ3n) is 12.9. The van der Waals surface area contributed by atoms with E-state index in [0.29, 0.717) is 17.5 Å². The molecule has 14 rings (SSSR count). The van der Waals surface area contributed by atoms with E-state index in [4.69, 9.17) is 19.4 Å². The summed E-state index contributed by atoms with van der Waals surface area (Å²) < 4.78 is 11.8. The zero-order valence-corrected chi connectivity index (χ0v) is 33.7. The standard InChI is InChI=1S/C57H33N5O/c1-3-14-34(15-4-1)35-26-28-37(29-27-35)56-58-55(36-16-5-2-6-17-36)59-57(60-56)43-30-31-48(52-42-20-9-12-25-51(42)63-54(43)52)61-46-23-10-8-19-39(46)44-32-50-45(33-49(44)61)41-22-13-21-40-38-18-7-11-24-47(38)62(50)53(40)41/h1-33H. The molecule has 0 unspecified atom stereocenters. The van der Waals surface area contributed by atoms with Crippen LogP contribution in [0.25, 0.3) is 133 Å². The first-order valence-electron chi connectivity index (χ1n) is 21.3. The second kappa shape index (κ2) is 12.9. The number of benzene rings is 9. The van der Waals surface area contributed by atoms with Gasteiger partial charge in [-0.1, -0.05) is 158 Å². The van der Waals surface area contributed by atoms with E-state index in [0.717, 1.165) is 66.5 Å². The van der Waals surface area contributed by atoms with Gasteiger partial charge in [0.1, 0.15) is 11.2 Å². The molecule has 0 bridgehead atoms. The molecule has 0 aliphatic heterocycles. The molecule has 0 radical (unpaired) electrons. The van der Waals surface area contributed by atoms with Crippen LogP contribution in [0, 0.1) is 0 Å². The van der Waals surface area contributed by atoms with Crippen molar-refractivity contribution in [3.8, 4) is 51.0 Å². The molecule has 5 aromatic heterocycles. The Labute approximate surface area is 359 Å². The lowest BCUT2D eigenvalue weighted by Gasteiger charge is -2.13. The molecule has 63 heavy (non-hydrogen) atoms. The van der Waals surface area contributed by atoms with Crippen molar-refractivity contribution in [1.29, 1.82) is 0 Å². The van der Waals surface area contributed by atoms with Crippen molar-refractivity contribution in [1.82, 2.24) is 23.9 Å². The van der Waals surface area contributed by atoms with Crippen LogP contribution >= 0.6 is 0 Å². The van der Waals surface area contributed by atoms with Gasteiger partial charge in [0.05, 0.1) is 44.2 Å². The van der Waals surface area contributed by atoms with Crippen molar-refractivity contribution in [3.63, 3.8) is 0 Å². The van der Waals surface area contributed by atoms with Gasteiger partial charge in [0.25, 0.3) is 0 Å². The molecule has 0 atom stereocenters. The minimum Gasteiger partial charge on any atom is -0.455 e. The number of hydrogen-bond acceptors (Lipinski definition) is 4. The first-order valence-corrected chi connectivity index (χ1v) is 21.3. The van der Waals surface area contributed by atoms with Crippen molar-refractivity contribution < 1.29 is 4.42 Å². The third-order valence-corrected chi connectivity index (χ3v) is 12.9. The molecule has 6 heteroatoms. The van der Waals surface area contributed by atoms with Gasteiger partial charge in [-0.15, -0.1) is 0 Å². The van der Waals surface area contributed by atoms with E-state index in [1.807, 2.05) is 48.5 Å². The van der Waals surface area contributed by atoms with E-state index in [1.54, 1.807) is 0 Å². The Bertz CT molecular complexity index is 4130. The molecular weight excluding hydrogens is 771 g/mol. The minimum atomic E-state index is 0.545. The van der Waals surface area contributed by atoms with E-state index in [1.165, 1.54) is 48.9 Å². The van der Waals surface area contributed by atoms with Crippen molar-refractivity contribution in [2.24, 2.45) is 0 Å². The zero-order chi connectivity index (χ0) is 41.2. The molecule has 9 aromatic carbocycles. The Morgan fingerprint density at radius 1 is 0.349 bits per heavy atom. The van der Waals surface area contributed by atoms with Gasteiger partial charge in [-0.05, 0) is 53.6 Å². The molecule has 0 saturated heterocycles. The van der Waals surface area contributed by atoms with Crippen LogP contribution in [0.4, 0.5) is 0 Å². The summed E-state index contributed by atoms with van der Waals surface area (Å²) >= 11 is 0. The summed E-state index contributed by atoms with van der Waals surface area (Å²) in [5.74, 6) is 1.74. The van der Waals surface area contributed by atoms with Gasteiger partial charge in [-0.2, -0.15) is 0 Å². The number of furan rings is 1. The Morgan fingerprint density at radius 3 is 1.63 bits per heavy atom. The molecule has 0 saturated carbocycles. The second-order valence-electron chi connectivity index (χ2n) is 16.3. The first-order chi connectivity index (χ1) is 31.2. The van der Waals surface area contributed by atoms with Crippen LogP contribution in [0.3, 0.4) is 0 Å². The average Bonchev–Trinajstić information content (AvgIpc) is 4.10. The molecule has 0 fully saturated rings. The lowest BCUT2D eigenvalue weighted by Crippen LogP contribution is -2.01. The van der Waals surface area contributed by atoms with Gasteiger partial charge >= 0.3 is 0 Å². The van der Waals surface area contributed by atoms with E-state index in [-0.39, 0.29) is 0 Å². The van der Waals surface area contributed by atoms with E-state index < -0.39 is 0 Å². The molecule has 0 amide bonds. The lowest BCUT2D eigenvalue weighted by atomic mass is 10.0. The van der Waals surface area contributed by atoms with Gasteiger partial charge in [0.2, 0.25) is 0 Å². The minimum absolute atomic E-state index is 0.545. The van der Waals surface area contributed by atoms with Crippen LogP contribution in [-0.2, 0) is 0 Å². The molecule has 292 valence electrons. The SMILES string of the molecule is c1ccc(-c2ccc(-c3nc(-c4ccccc4)nc(-c4ccc(-n5c6ccccc6c6cc7c(cc65)c5cccc6c8ccccc8n7c65)c5c4oc4ccccc45)n3)cc2)cc1. The number of nitrogens with zero attached hydrogens (tertiary/aromatic N) is 5. The molecule has 14 aromatic rings. The highest BCUT2D eigenvalue weighted by Crippen LogP contribution is 2.45. The first kappa shape index (κ1) is 34.1. The predicted molar refractivity (Wildman–Crippen MR) is 258 cm³/mol. The summed E-state index contributed by atoms with van der Waals surface area (Å²) in [5, 5.41) is 9.45. The molecule has 5 heterocycles. The summed E-state index contributed by atoms with van der Waals surface area (Å²) in [5.41, 5.74) is 13.4. The van der Waals surface area contributed by atoms with E-state index >= 15 is 0 Å². The largest absolute Gasteiger partial charge is 0.455 e. The molecule has 0 aliphatic carbocycles. The number of rotatable bonds is 5. The fourth-order valence-electron chi connectivity index (χ4n) is 10.1. The molecule has 0 spiro atoms. The highest BCUT2D eigenvalue weighted by molar-refractivity contribution is 6.26. The Morgan fingerprint density at radius 2 is 0.873 bits per heavy atom. The van der Waals surface area contributed by atoms with Crippen LogP contribution in [0.15, 0.2) is 205 Å². The van der Waals surface area contributed by atoms with Gasteiger partial charge in [0.15, 0.2) is 17.5 Å². The number of hydrogen-bond donors (Lipinski definition) is 0. The summed E-state index contributed by atoms with van der Waals surface area (Å²) in [6.07, 6.45) is 0. The van der Waals surface area contributed by atoms with Crippen molar-refractivity contribution >= 4 is 81.8 Å². The molecule has 0 N–H and O–H groups in total. The quantitative estimate of drug-likeness (QED) is 0.174. The van der Waals surface area contributed by atoms with Gasteiger partial charge in [-0.25, -0.2) is 15.0 Å². The van der Waals surface area contributed by atoms with Gasteiger partial charge in [-0.3, -0.25) is 0 Å². The van der Waals surface area contributed by atoms with Crippen LogP contribution in [0.2, 0.25) is 0 Å². The average molecular weight is 804 g/mol. The number of fused-ring (bicyclic) bond motifs is 12. The van der Waals surface area contributed by atoms with Gasteiger partial charge in [0, 0.05) is 48.8 Å². The van der Waals surface area contributed by atoms with Crippen LogP contribution < -0.4 is 0 Å². The second-order valence-corrected chi connectivity index (χ2v) is 16.3. The smallest absolute Gasteiger partial charge is 0.167 e. The van der Waals surface area contributed by atoms with E-state index in [2.05, 4.69) is 161 Å². The van der Waals surface area contributed by atoms with Crippen LogP contribution in [-0.4, -0.2) is 23.9 Å². The highest BCUT2D eigenvalue weighted by atomic mass is 16.3. The monoisotopic (exact) mass is 803 g/mol.